The van der Waals surface area contributed by atoms with Gasteiger partial charge in [-0.3, -0.25) is 4.79 Å². The Hall–Kier alpha value is -0.570. The normalized spacial score (nSPS) is 19.0. The number of nitrogens with one attached hydrogen (secondary N) is 1. The average molecular weight is 227 g/mol. The van der Waals surface area contributed by atoms with E-state index in [0.717, 1.165) is 12.3 Å². The quantitative estimate of drug-likeness (QED) is 0.730. The molecule has 2 N–H and O–H groups in total. The van der Waals surface area contributed by atoms with Crippen LogP contribution in [-0.2, 0) is 4.79 Å². The second-order valence-electron chi connectivity index (χ2n) is 5.29. The summed E-state index contributed by atoms with van der Waals surface area (Å²) in [7, 11) is 0. The first-order chi connectivity index (χ1) is 7.63. The fourth-order valence-electron chi connectivity index (χ4n) is 2.34. The summed E-state index contributed by atoms with van der Waals surface area (Å²) in [5.41, 5.74) is 0. The maximum atomic E-state index is 11.7. The van der Waals surface area contributed by atoms with Crippen molar-refractivity contribution in [1.82, 2.24) is 5.32 Å². The van der Waals surface area contributed by atoms with Gasteiger partial charge in [-0.1, -0.05) is 39.5 Å². The molecule has 1 fully saturated rings. The van der Waals surface area contributed by atoms with Gasteiger partial charge in [0.05, 0.1) is 12.6 Å². The number of rotatable bonds is 6. The SMILES string of the molecule is CC(C)[C@@H](CO)NC(=O)CCC1CCCC1. The number of aliphatic hydroxyl groups excluding tert-OH is 1. The van der Waals surface area contributed by atoms with Crippen LogP contribution in [0.1, 0.15) is 52.4 Å². The van der Waals surface area contributed by atoms with Crippen LogP contribution in [0.25, 0.3) is 0 Å². The molecule has 3 heteroatoms. The molecule has 16 heavy (non-hydrogen) atoms. The number of carbonyl (C=O) groups excluding carboxylic acids is 1. The van der Waals surface area contributed by atoms with Crippen LogP contribution >= 0.6 is 0 Å². The molecular formula is C13H25NO2. The predicted octanol–water partition coefficient (Wildman–Crippen LogP) is 2.09. The third kappa shape index (κ3) is 4.52. The van der Waals surface area contributed by atoms with Gasteiger partial charge in [0.25, 0.3) is 0 Å². The number of carbonyl (C=O) groups is 1. The molecule has 1 saturated carbocycles. The largest absolute Gasteiger partial charge is 0.394 e. The Bertz CT molecular complexity index is 210. The zero-order valence-electron chi connectivity index (χ0n) is 10.5. The van der Waals surface area contributed by atoms with Crippen molar-refractivity contribution in [2.45, 2.75) is 58.4 Å². The zero-order valence-corrected chi connectivity index (χ0v) is 10.5. The van der Waals surface area contributed by atoms with E-state index in [2.05, 4.69) is 5.32 Å². The first-order valence-electron chi connectivity index (χ1n) is 6.53. The van der Waals surface area contributed by atoms with E-state index < -0.39 is 0 Å². The van der Waals surface area contributed by atoms with Gasteiger partial charge in [-0.05, 0) is 18.3 Å². The molecular weight excluding hydrogens is 202 g/mol. The lowest BCUT2D eigenvalue weighted by molar-refractivity contribution is -0.122. The molecule has 0 spiro atoms. The number of aliphatic hydroxyl groups is 1. The topological polar surface area (TPSA) is 49.3 Å². The molecule has 3 nitrogen and oxygen atoms in total. The maximum Gasteiger partial charge on any atom is 0.220 e. The minimum atomic E-state index is -0.0870. The molecule has 0 bridgehead atoms. The van der Waals surface area contributed by atoms with E-state index in [-0.39, 0.29) is 18.6 Å². The van der Waals surface area contributed by atoms with Gasteiger partial charge in [0.2, 0.25) is 5.91 Å². The zero-order chi connectivity index (χ0) is 12.0. The van der Waals surface area contributed by atoms with E-state index in [0.29, 0.717) is 12.3 Å². The predicted molar refractivity (Wildman–Crippen MR) is 65.0 cm³/mol. The Kier molecular flexibility index (Phi) is 5.81. The van der Waals surface area contributed by atoms with E-state index in [1.54, 1.807) is 0 Å². The van der Waals surface area contributed by atoms with Gasteiger partial charge in [0.15, 0.2) is 0 Å². The lowest BCUT2D eigenvalue weighted by Gasteiger charge is -2.20. The van der Waals surface area contributed by atoms with Gasteiger partial charge in [-0.25, -0.2) is 0 Å². The van der Waals surface area contributed by atoms with Crippen molar-refractivity contribution in [2.24, 2.45) is 11.8 Å². The second-order valence-corrected chi connectivity index (χ2v) is 5.29. The first kappa shape index (κ1) is 13.5. The smallest absolute Gasteiger partial charge is 0.220 e. The van der Waals surface area contributed by atoms with Crippen molar-refractivity contribution in [3.8, 4) is 0 Å². The van der Waals surface area contributed by atoms with Crippen molar-refractivity contribution >= 4 is 5.91 Å². The molecule has 0 aromatic heterocycles. The molecule has 0 saturated heterocycles. The number of amides is 1. The maximum absolute atomic E-state index is 11.7. The van der Waals surface area contributed by atoms with E-state index in [9.17, 15) is 4.79 Å². The van der Waals surface area contributed by atoms with Crippen LogP contribution in [0.3, 0.4) is 0 Å². The van der Waals surface area contributed by atoms with E-state index in [1.807, 2.05) is 13.8 Å². The lowest BCUT2D eigenvalue weighted by Crippen LogP contribution is -2.41. The van der Waals surface area contributed by atoms with E-state index in [1.165, 1.54) is 25.7 Å². The van der Waals surface area contributed by atoms with Crippen molar-refractivity contribution in [2.75, 3.05) is 6.61 Å². The fourth-order valence-corrected chi connectivity index (χ4v) is 2.34. The van der Waals surface area contributed by atoms with Crippen molar-refractivity contribution < 1.29 is 9.90 Å². The highest BCUT2D eigenvalue weighted by Gasteiger charge is 2.18. The molecule has 0 aromatic carbocycles. The minimum absolute atomic E-state index is 0.0346. The Morgan fingerprint density at radius 3 is 2.50 bits per heavy atom. The molecule has 94 valence electrons. The van der Waals surface area contributed by atoms with Crippen LogP contribution in [0.15, 0.2) is 0 Å². The average Bonchev–Trinajstić information content (AvgIpc) is 2.75. The van der Waals surface area contributed by atoms with Crippen LogP contribution in [0, 0.1) is 11.8 Å². The standard InChI is InChI=1S/C13H25NO2/c1-10(2)12(9-15)14-13(16)8-7-11-5-3-4-6-11/h10-12,15H,3-9H2,1-2H3,(H,14,16)/t12-/m1/s1. The molecule has 1 aliphatic carbocycles. The molecule has 0 aromatic rings. The number of hydrogen-bond donors (Lipinski definition) is 2. The van der Waals surface area contributed by atoms with Gasteiger partial charge < -0.3 is 10.4 Å². The second kappa shape index (κ2) is 6.89. The van der Waals surface area contributed by atoms with Gasteiger partial charge in [-0.2, -0.15) is 0 Å². The molecule has 0 radical (unpaired) electrons. The highest BCUT2D eigenvalue weighted by atomic mass is 16.3. The van der Waals surface area contributed by atoms with Gasteiger partial charge in [0, 0.05) is 6.42 Å². The summed E-state index contributed by atoms with van der Waals surface area (Å²) in [6, 6.07) is -0.0870. The molecule has 1 atom stereocenters. The van der Waals surface area contributed by atoms with E-state index in [4.69, 9.17) is 5.11 Å². The van der Waals surface area contributed by atoms with Crippen LogP contribution in [0.4, 0.5) is 0 Å². The van der Waals surface area contributed by atoms with E-state index >= 15 is 0 Å². The summed E-state index contributed by atoms with van der Waals surface area (Å²) in [5.74, 6) is 1.15. The number of hydrogen-bond acceptors (Lipinski definition) is 2. The summed E-state index contributed by atoms with van der Waals surface area (Å²) in [6.45, 7) is 4.06. The fraction of sp³-hybridized carbons (Fsp3) is 0.923. The molecule has 0 heterocycles. The Labute approximate surface area is 98.6 Å². The Morgan fingerprint density at radius 1 is 1.38 bits per heavy atom. The van der Waals surface area contributed by atoms with Crippen molar-refractivity contribution in [3.63, 3.8) is 0 Å². The summed E-state index contributed by atoms with van der Waals surface area (Å²) in [5, 5.41) is 12.0. The summed E-state index contributed by atoms with van der Waals surface area (Å²) < 4.78 is 0. The van der Waals surface area contributed by atoms with Crippen LogP contribution in [0.5, 0.6) is 0 Å². The van der Waals surface area contributed by atoms with Gasteiger partial charge in [-0.15, -0.1) is 0 Å². The van der Waals surface area contributed by atoms with Crippen molar-refractivity contribution in [3.05, 3.63) is 0 Å². The Morgan fingerprint density at radius 2 is 2.00 bits per heavy atom. The Balaban J connectivity index is 2.18. The summed E-state index contributed by atoms with van der Waals surface area (Å²) >= 11 is 0. The third-order valence-corrected chi connectivity index (χ3v) is 3.60. The molecule has 0 aliphatic heterocycles. The van der Waals surface area contributed by atoms with Crippen LogP contribution in [0.2, 0.25) is 0 Å². The van der Waals surface area contributed by atoms with Crippen LogP contribution in [-0.4, -0.2) is 23.7 Å². The molecule has 1 aliphatic rings. The highest BCUT2D eigenvalue weighted by Crippen LogP contribution is 2.28. The molecule has 1 amide bonds. The third-order valence-electron chi connectivity index (χ3n) is 3.60. The highest BCUT2D eigenvalue weighted by molar-refractivity contribution is 5.76. The summed E-state index contributed by atoms with van der Waals surface area (Å²) in [6.07, 6.45) is 6.88. The van der Waals surface area contributed by atoms with Gasteiger partial charge >= 0.3 is 0 Å². The van der Waals surface area contributed by atoms with Crippen LogP contribution < -0.4 is 5.32 Å². The molecule has 0 unspecified atom stereocenters. The monoisotopic (exact) mass is 227 g/mol. The van der Waals surface area contributed by atoms with Gasteiger partial charge in [0.1, 0.15) is 0 Å². The summed E-state index contributed by atoms with van der Waals surface area (Å²) in [4.78, 5) is 11.7. The first-order valence-corrected chi connectivity index (χ1v) is 6.53. The minimum Gasteiger partial charge on any atom is -0.394 e. The lowest BCUT2D eigenvalue weighted by atomic mass is 10.0. The van der Waals surface area contributed by atoms with Crippen molar-refractivity contribution in [1.29, 1.82) is 0 Å². The molecule has 1 rings (SSSR count).